The van der Waals surface area contributed by atoms with Gasteiger partial charge in [-0.15, -0.1) is 0 Å². The molecule has 1 aromatic heterocycles. The monoisotopic (exact) mass is 477 g/mol. The van der Waals surface area contributed by atoms with Gasteiger partial charge >= 0.3 is 0 Å². The minimum Gasteiger partial charge on any atom is -0.450 e. The number of amides is 1. The summed E-state index contributed by atoms with van der Waals surface area (Å²) in [4.78, 5) is 28.4. The van der Waals surface area contributed by atoms with E-state index in [9.17, 15) is 14.0 Å². The van der Waals surface area contributed by atoms with E-state index >= 15 is 0 Å². The summed E-state index contributed by atoms with van der Waals surface area (Å²) in [5.41, 5.74) is 2.06. The lowest BCUT2D eigenvalue weighted by molar-refractivity contribution is 0.0971. The Labute approximate surface area is 186 Å². The summed E-state index contributed by atoms with van der Waals surface area (Å²) < 4.78 is 21.5. The number of aryl methyl sites for hydroxylation is 1. The minimum absolute atomic E-state index is 0.0485. The maximum Gasteiger partial charge on any atom is 0.295 e. The Morgan fingerprint density at radius 1 is 1.03 bits per heavy atom. The van der Waals surface area contributed by atoms with Crippen LogP contribution in [-0.2, 0) is 6.42 Å². The molecule has 2 heterocycles. The van der Waals surface area contributed by atoms with Gasteiger partial charge in [-0.3, -0.25) is 14.5 Å². The zero-order valence-corrected chi connectivity index (χ0v) is 18.1. The molecule has 0 saturated heterocycles. The molecule has 0 radical (unpaired) electrons. The van der Waals surface area contributed by atoms with Gasteiger partial charge in [-0.25, -0.2) is 4.39 Å². The van der Waals surface area contributed by atoms with E-state index in [1.54, 1.807) is 36.4 Å². The molecule has 0 bridgehead atoms. The lowest BCUT2D eigenvalue weighted by Gasteiger charge is -2.25. The van der Waals surface area contributed by atoms with Crippen LogP contribution in [0.4, 0.5) is 10.1 Å². The number of hydrogen-bond acceptors (Lipinski definition) is 3. The van der Waals surface area contributed by atoms with Crippen molar-refractivity contribution in [2.45, 2.75) is 19.4 Å². The van der Waals surface area contributed by atoms with Crippen LogP contribution in [0.2, 0.25) is 0 Å². The third-order valence-corrected chi connectivity index (χ3v) is 6.15. The van der Waals surface area contributed by atoms with Crippen molar-refractivity contribution in [2.24, 2.45) is 0 Å². The van der Waals surface area contributed by atoms with E-state index in [4.69, 9.17) is 4.42 Å². The summed E-state index contributed by atoms with van der Waals surface area (Å²) >= 11 is 3.37. The molecule has 0 aliphatic carbocycles. The zero-order chi connectivity index (χ0) is 21.7. The van der Waals surface area contributed by atoms with Crippen LogP contribution in [0, 0.1) is 5.82 Å². The molecule has 0 saturated carbocycles. The first-order chi connectivity index (χ1) is 15.0. The average molecular weight is 478 g/mol. The molecule has 6 heteroatoms. The Kier molecular flexibility index (Phi) is 4.74. The van der Waals surface area contributed by atoms with Crippen LogP contribution in [0.15, 0.2) is 80.4 Å². The van der Waals surface area contributed by atoms with Crippen molar-refractivity contribution in [2.75, 3.05) is 4.90 Å². The highest BCUT2D eigenvalue weighted by molar-refractivity contribution is 9.10. The van der Waals surface area contributed by atoms with Crippen LogP contribution in [0.1, 0.15) is 40.2 Å². The highest BCUT2D eigenvalue weighted by Gasteiger charge is 2.44. The second-order valence-electron chi connectivity index (χ2n) is 7.43. The number of fused-ring (bicyclic) bond motifs is 2. The van der Waals surface area contributed by atoms with Crippen LogP contribution >= 0.6 is 15.9 Å². The zero-order valence-electron chi connectivity index (χ0n) is 16.6. The number of benzene rings is 3. The van der Waals surface area contributed by atoms with E-state index in [1.165, 1.54) is 11.0 Å². The first kappa shape index (κ1) is 19.7. The first-order valence-electron chi connectivity index (χ1n) is 9.92. The van der Waals surface area contributed by atoms with Crippen molar-refractivity contribution < 1.29 is 13.6 Å². The SMILES string of the molecule is CCc1ccc(N2C(=O)c3oc4ccc(Br)cc4c(=O)c3C2c2ccccc2F)cc1. The van der Waals surface area contributed by atoms with Gasteiger partial charge in [0, 0.05) is 15.7 Å². The van der Waals surface area contributed by atoms with Crippen LogP contribution in [0.25, 0.3) is 11.0 Å². The summed E-state index contributed by atoms with van der Waals surface area (Å²) in [6, 6.07) is 17.8. The number of carbonyl (C=O) groups excluding carboxylic acids is 1. The highest BCUT2D eigenvalue weighted by atomic mass is 79.9. The fraction of sp³-hybridized carbons (Fsp3) is 0.120. The standard InChI is InChI=1S/C25H17BrFNO3/c1-2-14-7-10-16(11-8-14)28-22(17-5-3-4-6-19(17)27)21-23(29)18-13-15(26)9-12-20(18)31-24(21)25(28)30/h3-13,22H,2H2,1H3. The number of halogens is 2. The number of hydrogen-bond donors (Lipinski definition) is 0. The predicted molar refractivity (Wildman–Crippen MR) is 121 cm³/mol. The van der Waals surface area contributed by atoms with E-state index < -0.39 is 17.8 Å². The smallest absolute Gasteiger partial charge is 0.295 e. The van der Waals surface area contributed by atoms with Crippen molar-refractivity contribution in [3.63, 3.8) is 0 Å². The third kappa shape index (κ3) is 3.10. The average Bonchev–Trinajstić information content (AvgIpc) is 3.07. The van der Waals surface area contributed by atoms with Crippen LogP contribution in [-0.4, -0.2) is 5.91 Å². The molecule has 0 fully saturated rings. The molecule has 4 nitrogen and oxygen atoms in total. The van der Waals surface area contributed by atoms with Crippen molar-refractivity contribution in [1.29, 1.82) is 0 Å². The Morgan fingerprint density at radius 2 is 1.77 bits per heavy atom. The second kappa shape index (κ2) is 7.46. The van der Waals surface area contributed by atoms with E-state index in [-0.39, 0.29) is 22.3 Å². The lowest BCUT2D eigenvalue weighted by atomic mass is 9.97. The Bertz CT molecular complexity index is 1390. The summed E-state index contributed by atoms with van der Waals surface area (Å²) in [5, 5.41) is 0.338. The minimum atomic E-state index is -0.921. The van der Waals surface area contributed by atoms with Crippen LogP contribution in [0.5, 0.6) is 0 Å². The van der Waals surface area contributed by atoms with E-state index in [2.05, 4.69) is 15.9 Å². The summed E-state index contributed by atoms with van der Waals surface area (Å²) in [7, 11) is 0. The predicted octanol–water partition coefficient (Wildman–Crippen LogP) is 6.01. The van der Waals surface area contributed by atoms with Crippen molar-refractivity contribution in [3.05, 3.63) is 110 Å². The van der Waals surface area contributed by atoms with E-state index in [0.29, 0.717) is 21.1 Å². The molecule has 154 valence electrons. The molecule has 0 N–H and O–H groups in total. The van der Waals surface area contributed by atoms with Gasteiger partial charge in [0.1, 0.15) is 11.4 Å². The number of rotatable bonds is 3. The molecule has 1 aliphatic rings. The van der Waals surface area contributed by atoms with Crippen molar-refractivity contribution in [1.82, 2.24) is 0 Å². The quantitative estimate of drug-likeness (QED) is 0.363. The Hall–Kier alpha value is -3.25. The Balaban J connectivity index is 1.81. The first-order valence-corrected chi connectivity index (χ1v) is 10.7. The molecule has 0 spiro atoms. The maximum absolute atomic E-state index is 14.9. The van der Waals surface area contributed by atoms with Gasteiger partial charge in [-0.1, -0.05) is 53.2 Å². The van der Waals surface area contributed by atoms with E-state index in [0.717, 1.165) is 12.0 Å². The van der Waals surface area contributed by atoms with Crippen molar-refractivity contribution in [3.8, 4) is 0 Å². The molecule has 1 aliphatic heterocycles. The van der Waals surface area contributed by atoms with Crippen LogP contribution in [0.3, 0.4) is 0 Å². The topological polar surface area (TPSA) is 50.5 Å². The largest absolute Gasteiger partial charge is 0.450 e. The number of nitrogens with zero attached hydrogens (tertiary/aromatic N) is 1. The summed E-state index contributed by atoms with van der Waals surface area (Å²) in [6.07, 6.45) is 0.853. The fourth-order valence-corrected chi connectivity index (χ4v) is 4.46. The lowest BCUT2D eigenvalue weighted by Crippen LogP contribution is -2.30. The number of carbonyl (C=O) groups is 1. The molecule has 1 amide bonds. The fourth-order valence-electron chi connectivity index (χ4n) is 4.09. The molecular formula is C25H17BrFNO3. The Morgan fingerprint density at radius 3 is 2.48 bits per heavy atom. The third-order valence-electron chi connectivity index (χ3n) is 5.65. The summed E-state index contributed by atoms with van der Waals surface area (Å²) in [6.45, 7) is 2.04. The van der Waals surface area contributed by atoms with E-state index in [1.807, 2.05) is 31.2 Å². The highest BCUT2D eigenvalue weighted by Crippen LogP contribution is 2.42. The van der Waals surface area contributed by atoms with Crippen LogP contribution < -0.4 is 10.3 Å². The molecule has 31 heavy (non-hydrogen) atoms. The second-order valence-corrected chi connectivity index (χ2v) is 8.35. The van der Waals surface area contributed by atoms with Gasteiger partial charge in [0.15, 0.2) is 5.43 Å². The van der Waals surface area contributed by atoms with Gasteiger partial charge in [0.2, 0.25) is 5.76 Å². The maximum atomic E-state index is 14.9. The normalized spacial score (nSPS) is 15.5. The van der Waals surface area contributed by atoms with Gasteiger partial charge in [0.25, 0.3) is 5.91 Å². The van der Waals surface area contributed by atoms with Gasteiger partial charge in [0.05, 0.1) is 17.0 Å². The molecule has 1 unspecified atom stereocenters. The molecule has 3 aromatic carbocycles. The molecule has 1 atom stereocenters. The number of anilines is 1. The van der Waals surface area contributed by atoms with Gasteiger partial charge in [-0.05, 0) is 48.4 Å². The molecule has 5 rings (SSSR count). The molecule has 4 aromatic rings. The van der Waals surface area contributed by atoms with Gasteiger partial charge < -0.3 is 4.42 Å². The van der Waals surface area contributed by atoms with Crippen molar-refractivity contribution >= 4 is 38.5 Å². The molecular weight excluding hydrogens is 461 g/mol. The summed E-state index contributed by atoms with van der Waals surface area (Å²) in [5.74, 6) is -1.00. The van der Waals surface area contributed by atoms with Gasteiger partial charge in [-0.2, -0.15) is 0 Å².